The molecule has 2 aromatic carbocycles. The summed E-state index contributed by atoms with van der Waals surface area (Å²) in [6, 6.07) is 13.4. The first kappa shape index (κ1) is 14.3. The van der Waals surface area contributed by atoms with E-state index in [0.29, 0.717) is 5.75 Å². The molecule has 0 aliphatic carbocycles. The average Bonchev–Trinajstić information content (AvgIpc) is 2.51. The lowest BCUT2D eigenvalue weighted by molar-refractivity contribution is -0.240. The van der Waals surface area contributed by atoms with Crippen molar-refractivity contribution in [3.05, 3.63) is 42.5 Å². The van der Waals surface area contributed by atoms with Crippen molar-refractivity contribution in [1.29, 1.82) is 0 Å². The largest absolute Gasteiger partial charge is 0.462 e. The van der Waals surface area contributed by atoms with Crippen LogP contribution in [-0.4, -0.2) is 46.5 Å². The Morgan fingerprint density at radius 1 is 1.10 bits per heavy atom. The second-order valence-electron chi connectivity index (χ2n) is 5.23. The van der Waals surface area contributed by atoms with Gasteiger partial charge in [0.05, 0.1) is 18.8 Å². The van der Waals surface area contributed by atoms with Gasteiger partial charge in [-0.2, -0.15) is 0 Å². The van der Waals surface area contributed by atoms with Crippen LogP contribution in [0.1, 0.15) is 6.42 Å². The van der Waals surface area contributed by atoms with E-state index in [4.69, 9.17) is 14.6 Å². The quantitative estimate of drug-likeness (QED) is 0.787. The van der Waals surface area contributed by atoms with Crippen LogP contribution in [0.5, 0.6) is 5.75 Å². The zero-order valence-electron chi connectivity index (χ0n) is 11.4. The summed E-state index contributed by atoms with van der Waals surface area (Å²) in [6.07, 6.45) is -3.45. The summed E-state index contributed by atoms with van der Waals surface area (Å²) in [7, 11) is 0. The van der Waals surface area contributed by atoms with E-state index in [1.54, 1.807) is 6.07 Å². The number of aliphatic hydroxyl groups is 3. The predicted octanol–water partition coefficient (Wildman–Crippen LogP) is 1.05. The van der Waals surface area contributed by atoms with Crippen molar-refractivity contribution in [1.82, 2.24) is 0 Å². The normalized spacial score (nSPS) is 29.5. The maximum Gasteiger partial charge on any atom is 0.229 e. The summed E-state index contributed by atoms with van der Waals surface area (Å²) in [4.78, 5) is 0. The van der Waals surface area contributed by atoms with E-state index < -0.39 is 24.6 Å². The average molecular weight is 290 g/mol. The molecule has 2 aromatic rings. The van der Waals surface area contributed by atoms with Crippen LogP contribution in [0.3, 0.4) is 0 Å². The lowest BCUT2D eigenvalue weighted by atomic mass is 10.0. The maximum atomic E-state index is 9.94. The van der Waals surface area contributed by atoms with Gasteiger partial charge < -0.3 is 24.8 Å². The van der Waals surface area contributed by atoms with Gasteiger partial charge in [0.25, 0.3) is 0 Å². The van der Waals surface area contributed by atoms with Crippen molar-refractivity contribution in [2.24, 2.45) is 0 Å². The van der Waals surface area contributed by atoms with Crippen molar-refractivity contribution < 1.29 is 24.8 Å². The number of ether oxygens (including phenoxy) is 2. The van der Waals surface area contributed by atoms with E-state index in [1.165, 1.54) is 0 Å². The van der Waals surface area contributed by atoms with Crippen LogP contribution >= 0.6 is 0 Å². The molecule has 0 spiro atoms. The van der Waals surface area contributed by atoms with Gasteiger partial charge in [-0.15, -0.1) is 0 Å². The standard InChI is InChI=1S/C16H18O5/c17-9-13-8-14(18)15(19)16(21-13)20-12-6-5-10-3-1-2-4-11(10)7-12/h1-7,13-19H,8-9H2/t13-,14-,15+,16+/m0/s1. The highest BCUT2D eigenvalue weighted by molar-refractivity contribution is 5.83. The van der Waals surface area contributed by atoms with Crippen molar-refractivity contribution in [3.63, 3.8) is 0 Å². The van der Waals surface area contributed by atoms with Crippen LogP contribution in [0.15, 0.2) is 42.5 Å². The summed E-state index contributed by atoms with van der Waals surface area (Å²) in [5.74, 6) is 0.545. The Morgan fingerprint density at radius 3 is 2.62 bits per heavy atom. The van der Waals surface area contributed by atoms with Crippen molar-refractivity contribution in [3.8, 4) is 5.75 Å². The van der Waals surface area contributed by atoms with Crippen molar-refractivity contribution in [2.75, 3.05) is 6.61 Å². The molecule has 3 rings (SSSR count). The van der Waals surface area contributed by atoms with Gasteiger partial charge >= 0.3 is 0 Å². The van der Waals surface area contributed by atoms with Gasteiger partial charge in [-0.1, -0.05) is 30.3 Å². The highest BCUT2D eigenvalue weighted by atomic mass is 16.7. The van der Waals surface area contributed by atoms with Crippen LogP contribution in [0, 0.1) is 0 Å². The first-order chi connectivity index (χ1) is 10.2. The van der Waals surface area contributed by atoms with Gasteiger partial charge in [-0.25, -0.2) is 0 Å². The smallest absolute Gasteiger partial charge is 0.229 e. The highest BCUT2D eigenvalue weighted by Crippen LogP contribution is 2.26. The molecule has 0 radical (unpaired) electrons. The Morgan fingerprint density at radius 2 is 1.86 bits per heavy atom. The minimum atomic E-state index is -1.14. The minimum absolute atomic E-state index is 0.190. The number of hydrogen-bond acceptors (Lipinski definition) is 5. The fourth-order valence-electron chi connectivity index (χ4n) is 2.51. The molecule has 0 saturated carbocycles. The number of rotatable bonds is 3. The Labute approximate surface area is 122 Å². The number of aliphatic hydroxyl groups excluding tert-OH is 3. The van der Waals surface area contributed by atoms with Crippen LogP contribution in [0.25, 0.3) is 10.8 Å². The maximum absolute atomic E-state index is 9.94. The Kier molecular flexibility index (Phi) is 4.07. The fraction of sp³-hybridized carbons (Fsp3) is 0.375. The van der Waals surface area contributed by atoms with Crippen LogP contribution < -0.4 is 4.74 Å². The first-order valence-electron chi connectivity index (χ1n) is 6.95. The number of hydrogen-bond donors (Lipinski definition) is 3. The molecule has 0 aromatic heterocycles. The summed E-state index contributed by atoms with van der Waals surface area (Å²) >= 11 is 0. The molecule has 1 heterocycles. The van der Waals surface area contributed by atoms with Gasteiger partial charge in [-0.05, 0) is 22.9 Å². The first-order valence-corrected chi connectivity index (χ1v) is 6.95. The van der Waals surface area contributed by atoms with E-state index in [2.05, 4.69) is 0 Å². The van der Waals surface area contributed by atoms with E-state index >= 15 is 0 Å². The van der Waals surface area contributed by atoms with Crippen LogP contribution in [0.2, 0.25) is 0 Å². The lowest BCUT2D eigenvalue weighted by Crippen LogP contribution is -2.51. The van der Waals surface area contributed by atoms with Gasteiger partial charge in [0.15, 0.2) is 0 Å². The van der Waals surface area contributed by atoms with E-state index in [-0.39, 0.29) is 13.0 Å². The molecule has 0 unspecified atom stereocenters. The second kappa shape index (κ2) is 5.99. The zero-order chi connectivity index (χ0) is 14.8. The third-order valence-electron chi connectivity index (χ3n) is 3.68. The van der Waals surface area contributed by atoms with Crippen molar-refractivity contribution >= 4 is 10.8 Å². The number of benzene rings is 2. The number of fused-ring (bicyclic) bond motifs is 1. The molecule has 3 N–H and O–H groups in total. The SMILES string of the molecule is OC[C@@H]1C[C@H](O)[C@@H](O)[C@H](Oc2ccc3ccccc3c2)O1. The Bertz CT molecular complexity index is 614. The summed E-state index contributed by atoms with van der Waals surface area (Å²) < 4.78 is 11.1. The molecule has 1 aliphatic rings. The Hall–Kier alpha value is -1.66. The molecule has 5 nitrogen and oxygen atoms in total. The summed E-state index contributed by atoms with van der Waals surface area (Å²) in [6.45, 7) is -0.221. The molecule has 5 heteroatoms. The minimum Gasteiger partial charge on any atom is -0.462 e. The molecular formula is C16H18O5. The molecule has 21 heavy (non-hydrogen) atoms. The van der Waals surface area contributed by atoms with Gasteiger partial charge in [0.2, 0.25) is 6.29 Å². The Balaban J connectivity index is 1.79. The third-order valence-corrected chi connectivity index (χ3v) is 3.68. The zero-order valence-corrected chi connectivity index (χ0v) is 11.4. The molecule has 4 atom stereocenters. The molecule has 1 aliphatic heterocycles. The topological polar surface area (TPSA) is 79.2 Å². The fourth-order valence-corrected chi connectivity index (χ4v) is 2.51. The van der Waals surface area contributed by atoms with E-state index in [9.17, 15) is 10.2 Å². The van der Waals surface area contributed by atoms with Gasteiger partial charge in [0.1, 0.15) is 11.9 Å². The molecule has 1 fully saturated rings. The molecular weight excluding hydrogens is 272 g/mol. The lowest BCUT2D eigenvalue weighted by Gasteiger charge is -2.36. The van der Waals surface area contributed by atoms with Crippen LogP contribution in [0.4, 0.5) is 0 Å². The van der Waals surface area contributed by atoms with Gasteiger partial charge in [-0.3, -0.25) is 0 Å². The summed E-state index contributed by atoms with van der Waals surface area (Å²) in [5.41, 5.74) is 0. The van der Waals surface area contributed by atoms with Crippen LogP contribution in [-0.2, 0) is 4.74 Å². The predicted molar refractivity (Wildman–Crippen MR) is 77.0 cm³/mol. The highest BCUT2D eigenvalue weighted by Gasteiger charge is 2.38. The third kappa shape index (κ3) is 3.01. The molecule has 0 amide bonds. The second-order valence-corrected chi connectivity index (χ2v) is 5.23. The van der Waals surface area contributed by atoms with Crippen molar-refractivity contribution in [2.45, 2.75) is 31.0 Å². The molecule has 0 bridgehead atoms. The summed E-state index contributed by atoms with van der Waals surface area (Å²) in [5, 5.41) is 31.0. The van der Waals surface area contributed by atoms with E-state index in [0.717, 1.165) is 10.8 Å². The van der Waals surface area contributed by atoms with E-state index in [1.807, 2.05) is 36.4 Å². The monoisotopic (exact) mass is 290 g/mol. The molecule has 112 valence electrons. The molecule has 1 saturated heterocycles. The van der Waals surface area contributed by atoms with Gasteiger partial charge in [0, 0.05) is 6.42 Å².